The van der Waals surface area contributed by atoms with Crippen LogP contribution in [0, 0.1) is 6.92 Å². The summed E-state index contributed by atoms with van der Waals surface area (Å²) in [4.78, 5) is 11.4. The Kier molecular flexibility index (Phi) is 10.6. The lowest BCUT2D eigenvalue weighted by Crippen LogP contribution is -2.43. The summed E-state index contributed by atoms with van der Waals surface area (Å²) in [6, 6.07) is 19.9. The van der Waals surface area contributed by atoms with Crippen molar-refractivity contribution < 1.29 is 23.0 Å². The molecule has 0 bridgehead atoms. The number of allylic oxidation sites excluding steroid dienone is 2. The molecule has 2 heterocycles. The lowest BCUT2D eigenvalue weighted by Gasteiger charge is -2.37. The van der Waals surface area contributed by atoms with Crippen LogP contribution >= 0.6 is 11.8 Å². The predicted octanol–water partition coefficient (Wildman–Crippen LogP) is 8.10. The van der Waals surface area contributed by atoms with E-state index in [0.29, 0.717) is 11.5 Å². The highest BCUT2D eigenvalue weighted by atomic mass is 32.2. The molecule has 2 atom stereocenters. The molecule has 0 spiro atoms. The number of rotatable bonds is 10. The number of ether oxygens (including phenoxy) is 1. The van der Waals surface area contributed by atoms with E-state index in [1.54, 1.807) is 11.8 Å². The normalized spacial score (nSPS) is 17.4. The molecule has 4 aromatic rings. The summed E-state index contributed by atoms with van der Waals surface area (Å²) in [5, 5.41) is 19.5. The minimum atomic E-state index is -4.75. The predicted molar refractivity (Wildman–Crippen MR) is 183 cm³/mol. The van der Waals surface area contributed by atoms with Gasteiger partial charge < -0.3 is 20.1 Å². The van der Waals surface area contributed by atoms with Crippen LogP contribution < -0.4 is 15.0 Å². The van der Waals surface area contributed by atoms with Crippen LogP contribution in [0.5, 0.6) is 5.75 Å². The summed E-state index contributed by atoms with van der Waals surface area (Å²) in [5.41, 5.74) is 7.64. The number of nitrogens with one attached hydrogen (secondary N) is 1. The molecule has 0 saturated carbocycles. The van der Waals surface area contributed by atoms with E-state index in [0.717, 1.165) is 58.3 Å². The summed E-state index contributed by atoms with van der Waals surface area (Å²) in [6.45, 7) is 10.4. The van der Waals surface area contributed by atoms with Gasteiger partial charge in [-0.1, -0.05) is 61.5 Å². The Morgan fingerprint density at radius 1 is 1.11 bits per heavy atom. The number of aromatic nitrogens is 3. The second-order valence-corrected chi connectivity index (χ2v) is 12.6. The quantitative estimate of drug-likeness (QED) is 0.166. The van der Waals surface area contributed by atoms with Gasteiger partial charge in [0.15, 0.2) is 11.0 Å². The van der Waals surface area contributed by atoms with Gasteiger partial charge in [-0.25, -0.2) is 14.7 Å². The van der Waals surface area contributed by atoms with Crippen molar-refractivity contribution >= 4 is 28.2 Å². The summed E-state index contributed by atoms with van der Waals surface area (Å²) >= 11 is 1.66. The van der Waals surface area contributed by atoms with Crippen molar-refractivity contribution in [2.75, 3.05) is 10.7 Å². The number of amidine groups is 1. The van der Waals surface area contributed by atoms with E-state index in [4.69, 9.17) is 4.99 Å². The molecule has 1 fully saturated rings. The smallest absolute Gasteiger partial charge is 0.406 e. The number of hydrogen-bond acceptors (Lipinski definition) is 7. The molecule has 0 aliphatic carbocycles. The minimum absolute atomic E-state index is 0.260. The molecule has 2 unspecified atom stereocenters. The van der Waals surface area contributed by atoms with Crippen LogP contribution in [0.2, 0.25) is 0 Å². The molecular weight excluding hydrogens is 625 g/mol. The van der Waals surface area contributed by atoms with Crippen LogP contribution in [0.15, 0.2) is 83.7 Å². The molecular formula is C35H39F3N6O2S. The van der Waals surface area contributed by atoms with Gasteiger partial charge in [-0.05, 0) is 93.1 Å². The van der Waals surface area contributed by atoms with E-state index >= 15 is 0 Å². The molecule has 248 valence electrons. The summed E-state index contributed by atoms with van der Waals surface area (Å²) in [6.07, 6.45) is -1.31. The van der Waals surface area contributed by atoms with E-state index < -0.39 is 12.7 Å². The Balaban J connectivity index is 1.28. The van der Waals surface area contributed by atoms with E-state index in [1.807, 2.05) is 38.1 Å². The van der Waals surface area contributed by atoms with Crippen molar-refractivity contribution in [1.82, 2.24) is 20.1 Å². The number of alkyl halides is 3. The highest BCUT2D eigenvalue weighted by molar-refractivity contribution is 8.14. The number of anilines is 1. The van der Waals surface area contributed by atoms with Gasteiger partial charge in [0, 0.05) is 28.7 Å². The van der Waals surface area contributed by atoms with Crippen LogP contribution in [0.25, 0.3) is 22.6 Å². The van der Waals surface area contributed by atoms with Gasteiger partial charge in [0.05, 0.1) is 5.69 Å². The fraction of sp³-hybridized carbons (Fsp3) is 0.343. The first-order valence-electron chi connectivity index (χ1n) is 15.5. The van der Waals surface area contributed by atoms with Crippen molar-refractivity contribution in [2.45, 2.75) is 72.6 Å². The van der Waals surface area contributed by atoms with E-state index in [1.165, 1.54) is 46.4 Å². The molecule has 1 saturated heterocycles. The Morgan fingerprint density at radius 2 is 1.83 bits per heavy atom. The van der Waals surface area contributed by atoms with Crippen molar-refractivity contribution in [3.05, 3.63) is 95.4 Å². The van der Waals surface area contributed by atoms with Crippen LogP contribution in [0.3, 0.4) is 0 Å². The minimum Gasteiger partial charge on any atom is -0.406 e. The number of nitrogens with zero attached hydrogens (tertiary/aromatic N) is 5. The molecule has 0 radical (unpaired) electrons. The van der Waals surface area contributed by atoms with Crippen LogP contribution in [-0.2, 0) is 6.42 Å². The van der Waals surface area contributed by atoms with E-state index in [-0.39, 0.29) is 11.8 Å². The lowest BCUT2D eigenvalue weighted by molar-refractivity contribution is -0.274. The third kappa shape index (κ3) is 8.55. The Labute approximate surface area is 277 Å². The first-order chi connectivity index (χ1) is 22.4. The molecule has 5 rings (SSSR count). The second kappa shape index (κ2) is 14.6. The Bertz CT molecular complexity index is 1740. The van der Waals surface area contributed by atoms with Gasteiger partial charge in [-0.3, -0.25) is 0 Å². The molecule has 0 amide bonds. The zero-order valence-corrected chi connectivity index (χ0v) is 27.9. The van der Waals surface area contributed by atoms with Gasteiger partial charge in [-0.2, -0.15) is 0 Å². The van der Waals surface area contributed by atoms with Gasteiger partial charge in [0.1, 0.15) is 12.1 Å². The number of aliphatic imine (C=N–C) groups is 1. The van der Waals surface area contributed by atoms with E-state index in [2.05, 4.69) is 64.0 Å². The van der Waals surface area contributed by atoms with Gasteiger partial charge in [0.25, 0.3) is 0 Å². The molecule has 47 heavy (non-hydrogen) atoms. The molecule has 1 aliphatic heterocycles. The monoisotopic (exact) mass is 664 g/mol. The number of aryl methyl sites for hydroxylation is 2. The second-order valence-electron chi connectivity index (χ2n) is 11.5. The Hall–Kier alpha value is -4.29. The molecule has 2 N–H and O–H groups in total. The zero-order valence-electron chi connectivity index (χ0n) is 27.0. The Morgan fingerprint density at radius 3 is 2.51 bits per heavy atom. The fourth-order valence-electron chi connectivity index (χ4n) is 5.37. The van der Waals surface area contributed by atoms with Crippen molar-refractivity contribution in [1.29, 1.82) is 0 Å². The third-order valence-electron chi connectivity index (χ3n) is 7.98. The number of thioether (sulfide) groups is 1. The number of benzene rings is 3. The summed E-state index contributed by atoms with van der Waals surface area (Å²) in [7, 11) is 0. The first-order valence-corrected chi connectivity index (χ1v) is 16.5. The average molecular weight is 665 g/mol. The van der Waals surface area contributed by atoms with Crippen LogP contribution in [-0.4, -0.2) is 49.5 Å². The van der Waals surface area contributed by atoms with Gasteiger partial charge in [-0.15, -0.1) is 18.3 Å². The van der Waals surface area contributed by atoms with Gasteiger partial charge >= 0.3 is 6.36 Å². The standard InChI is InChI=1S/C35H39F3N6O2S/c1-6-7-27-9-8-22(2)20-31(27)44-23(3)18-19-47-34(44)41-33(45)40-25(5)24(4)26-10-12-28(13-11-26)32-39-21-43(42-32)29-14-16-30(17-15-29)46-35(36,37)38/h8-17,20-21,23,33,40,45H,6-7,18-19H2,1-5H3/b25-24+,41-34-. The molecule has 3 aromatic carbocycles. The number of halogens is 3. The van der Waals surface area contributed by atoms with Crippen LogP contribution in [0.4, 0.5) is 18.9 Å². The van der Waals surface area contributed by atoms with Crippen molar-refractivity contribution in [3.63, 3.8) is 0 Å². The highest BCUT2D eigenvalue weighted by Gasteiger charge is 2.31. The number of aliphatic hydroxyl groups excluding tert-OH is 1. The maximum Gasteiger partial charge on any atom is 0.573 e. The fourth-order valence-corrected chi connectivity index (χ4v) is 6.60. The SMILES string of the molecule is CCCc1ccc(C)cc1N1/C(=N/C(O)N/C(C)=C(\C)c2ccc(-c3ncn(-c4ccc(OC(F)(F)F)cc4)n3)cc2)SCCC1C. The average Bonchev–Trinajstić information content (AvgIpc) is 3.52. The summed E-state index contributed by atoms with van der Waals surface area (Å²) < 4.78 is 42.8. The molecule has 12 heteroatoms. The van der Waals surface area contributed by atoms with Crippen LogP contribution in [0.1, 0.15) is 57.2 Å². The maximum atomic E-state index is 12.5. The molecule has 8 nitrogen and oxygen atoms in total. The lowest BCUT2D eigenvalue weighted by atomic mass is 10.0. The third-order valence-corrected chi connectivity index (χ3v) is 8.98. The molecule has 1 aliphatic rings. The topological polar surface area (TPSA) is 87.8 Å². The maximum absolute atomic E-state index is 12.5. The van der Waals surface area contributed by atoms with Gasteiger partial charge in [0.2, 0.25) is 6.35 Å². The zero-order chi connectivity index (χ0) is 33.7. The summed E-state index contributed by atoms with van der Waals surface area (Å²) in [5.74, 6) is 1.10. The van der Waals surface area contributed by atoms with Crippen molar-refractivity contribution in [2.24, 2.45) is 4.99 Å². The van der Waals surface area contributed by atoms with Crippen molar-refractivity contribution in [3.8, 4) is 22.8 Å². The number of hydrogen-bond donors (Lipinski definition) is 2. The first kappa shape index (κ1) is 34.1. The number of aliphatic hydroxyl groups is 1. The largest absolute Gasteiger partial charge is 0.573 e. The highest BCUT2D eigenvalue weighted by Crippen LogP contribution is 2.33. The van der Waals surface area contributed by atoms with E-state index in [9.17, 15) is 18.3 Å². The molecule has 1 aromatic heterocycles.